The van der Waals surface area contributed by atoms with Gasteiger partial charge in [-0.25, -0.2) is 4.98 Å². The number of rotatable bonds is 4. The van der Waals surface area contributed by atoms with Crippen molar-refractivity contribution in [2.75, 3.05) is 0 Å². The van der Waals surface area contributed by atoms with Crippen LogP contribution in [0.2, 0.25) is 0 Å². The van der Waals surface area contributed by atoms with Crippen molar-refractivity contribution in [2.24, 2.45) is 10.9 Å². The zero-order valence-corrected chi connectivity index (χ0v) is 10.9. The Balaban J connectivity index is 2.19. The van der Waals surface area contributed by atoms with Gasteiger partial charge < -0.3 is 10.9 Å². The number of non-ortho nitro benzene ring substituents is 1. The Kier molecular flexibility index (Phi) is 4.16. The smallest absolute Gasteiger partial charge is 0.269 e. The van der Waals surface area contributed by atoms with Gasteiger partial charge in [0.05, 0.1) is 4.92 Å². The number of amidine groups is 1. The van der Waals surface area contributed by atoms with Gasteiger partial charge in [0.15, 0.2) is 5.84 Å². The van der Waals surface area contributed by atoms with E-state index in [1.807, 2.05) is 0 Å². The number of pyridine rings is 1. The lowest BCUT2D eigenvalue weighted by Crippen LogP contribution is -2.14. The van der Waals surface area contributed by atoms with E-state index in [1.54, 1.807) is 30.3 Å². The van der Waals surface area contributed by atoms with E-state index in [-0.39, 0.29) is 11.5 Å². The zero-order chi connectivity index (χ0) is 14.5. The Bertz CT molecular complexity index is 658. The van der Waals surface area contributed by atoms with E-state index in [0.29, 0.717) is 10.7 Å². The molecule has 0 aliphatic heterocycles. The summed E-state index contributed by atoms with van der Waals surface area (Å²) >= 11 is 1.32. The number of aromatic nitrogens is 1. The normalized spacial score (nSPS) is 11.3. The Hall–Kier alpha value is -2.61. The van der Waals surface area contributed by atoms with Gasteiger partial charge in [0.1, 0.15) is 10.7 Å². The number of nitro groups is 1. The fraction of sp³-hybridized carbons (Fsp3) is 0. The van der Waals surface area contributed by atoms with Gasteiger partial charge in [-0.3, -0.25) is 10.1 Å². The number of hydrogen-bond acceptors (Lipinski definition) is 6. The predicted molar refractivity (Wildman–Crippen MR) is 74.0 cm³/mol. The number of nitro benzene ring substituents is 1. The first-order chi connectivity index (χ1) is 9.60. The van der Waals surface area contributed by atoms with Crippen LogP contribution in [-0.4, -0.2) is 21.0 Å². The highest BCUT2D eigenvalue weighted by molar-refractivity contribution is 7.99. The van der Waals surface area contributed by atoms with Gasteiger partial charge in [-0.2, -0.15) is 0 Å². The predicted octanol–water partition coefficient (Wildman–Crippen LogP) is 2.24. The highest BCUT2D eigenvalue weighted by Crippen LogP contribution is 2.27. The van der Waals surface area contributed by atoms with Crippen LogP contribution in [-0.2, 0) is 0 Å². The summed E-state index contributed by atoms with van der Waals surface area (Å²) < 4.78 is 0. The number of oxime groups is 1. The van der Waals surface area contributed by atoms with Gasteiger partial charge in [-0.1, -0.05) is 23.0 Å². The van der Waals surface area contributed by atoms with E-state index in [4.69, 9.17) is 10.9 Å². The van der Waals surface area contributed by atoms with Gasteiger partial charge in [0.2, 0.25) is 0 Å². The second-order valence-electron chi connectivity index (χ2n) is 3.70. The Morgan fingerprint density at radius 1 is 1.30 bits per heavy atom. The summed E-state index contributed by atoms with van der Waals surface area (Å²) in [6, 6.07) is 11.2. The van der Waals surface area contributed by atoms with Crippen molar-refractivity contribution in [3.63, 3.8) is 0 Å². The Labute approximate surface area is 118 Å². The molecule has 0 bridgehead atoms. The molecule has 20 heavy (non-hydrogen) atoms. The average molecular weight is 290 g/mol. The number of nitrogens with two attached hydrogens (primary N) is 1. The molecule has 0 saturated carbocycles. The molecule has 0 atom stereocenters. The van der Waals surface area contributed by atoms with Crippen molar-refractivity contribution in [2.45, 2.75) is 9.92 Å². The molecule has 3 N–H and O–H groups in total. The molecule has 8 heteroatoms. The lowest BCUT2D eigenvalue weighted by Gasteiger charge is -2.03. The van der Waals surface area contributed by atoms with Crippen LogP contribution in [0.5, 0.6) is 0 Å². The number of benzene rings is 1. The summed E-state index contributed by atoms with van der Waals surface area (Å²) in [5.74, 6) is -0.0730. The van der Waals surface area contributed by atoms with E-state index < -0.39 is 4.92 Å². The average Bonchev–Trinajstić information content (AvgIpc) is 2.47. The number of nitrogens with zero attached hydrogens (tertiary/aromatic N) is 3. The molecule has 0 radical (unpaired) electrons. The highest BCUT2D eigenvalue weighted by Gasteiger charge is 2.07. The minimum Gasteiger partial charge on any atom is -0.409 e. The molecular weight excluding hydrogens is 280 g/mol. The maximum atomic E-state index is 10.6. The summed E-state index contributed by atoms with van der Waals surface area (Å²) in [6.07, 6.45) is 0. The molecule has 0 fully saturated rings. The molecule has 0 amide bonds. The summed E-state index contributed by atoms with van der Waals surface area (Å²) in [6.45, 7) is 0. The largest absolute Gasteiger partial charge is 0.409 e. The minimum atomic E-state index is -0.453. The molecule has 1 aromatic heterocycles. The quantitative estimate of drug-likeness (QED) is 0.293. The van der Waals surface area contributed by atoms with Crippen molar-refractivity contribution >= 4 is 23.3 Å². The standard InChI is InChI=1S/C12H10N4O3S/c13-12(15-17)10-2-1-3-11(14-10)20-9-6-4-8(5-7-9)16(18)19/h1-7,17H,(H2,13,15). The van der Waals surface area contributed by atoms with Crippen molar-refractivity contribution in [1.82, 2.24) is 4.98 Å². The van der Waals surface area contributed by atoms with E-state index in [0.717, 1.165) is 4.90 Å². The third-order valence-corrected chi connectivity index (χ3v) is 3.31. The minimum absolute atomic E-state index is 0.0349. The summed E-state index contributed by atoms with van der Waals surface area (Å²) in [4.78, 5) is 15.1. The highest BCUT2D eigenvalue weighted by atomic mass is 32.2. The van der Waals surface area contributed by atoms with Crippen LogP contribution < -0.4 is 5.73 Å². The van der Waals surface area contributed by atoms with Crippen molar-refractivity contribution < 1.29 is 10.1 Å². The molecule has 7 nitrogen and oxygen atoms in total. The molecule has 2 aromatic rings. The topological polar surface area (TPSA) is 115 Å². The van der Waals surface area contributed by atoms with Crippen LogP contribution in [0.25, 0.3) is 0 Å². The van der Waals surface area contributed by atoms with Crippen LogP contribution in [0.15, 0.2) is 57.5 Å². The maximum Gasteiger partial charge on any atom is 0.269 e. The molecule has 0 aliphatic rings. The van der Waals surface area contributed by atoms with Gasteiger partial charge >= 0.3 is 0 Å². The molecule has 0 spiro atoms. The summed E-state index contributed by atoms with van der Waals surface area (Å²) in [5.41, 5.74) is 5.86. The summed E-state index contributed by atoms with van der Waals surface area (Å²) in [5, 5.41) is 22.7. The van der Waals surface area contributed by atoms with E-state index in [2.05, 4.69) is 10.1 Å². The fourth-order valence-corrected chi connectivity index (χ4v) is 2.23. The second-order valence-corrected chi connectivity index (χ2v) is 4.79. The lowest BCUT2D eigenvalue weighted by atomic mass is 10.3. The van der Waals surface area contributed by atoms with Crippen molar-refractivity contribution in [3.8, 4) is 0 Å². The lowest BCUT2D eigenvalue weighted by molar-refractivity contribution is -0.384. The maximum absolute atomic E-state index is 10.6. The van der Waals surface area contributed by atoms with Crippen LogP contribution in [0.4, 0.5) is 5.69 Å². The molecule has 0 saturated heterocycles. The molecule has 0 unspecified atom stereocenters. The van der Waals surface area contributed by atoms with E-state index in [1.165, 1.54) is 23.9 Å². The van der Waals surface area contributed by atoms with Crippen molar-refractivity contribution in [1.29, 1.82) is 0 Å². The van der Waals surface area contributed by atoms with E-state index in [9.17, 15) is 10.1 Å². The Morgan fingerprint density at radius 3 is 2.60 bits per heavy atom. The molecule has 2 rings (SSSR count). The molecule has 102 valence electrons. The van der Waals surface area contributed by atoms with Gasteiger partial charge in [0.25, 0.3) is 5.69 Å². The molecule has 1 heterocycles. The summed E-state index contributed by atoms with van der Waals surface area (Å²) in [7, 11) is 0. The van der Waals surface area contributed by atoms with Crippen LogP contribution >= 0.6 is 11.8 Å². The van der Waals surface area contributed by atoms with E-state index >= 15 is 0 Å². The van der Waals surface area contributed by atoms with Crippen LogP contribution in [0.1, 0.15) is 5.69 Å². The van der Waals surface area contributed by atoms with Gasteiger partial charge in [0, 0.05) is 17.0 Å². The fourth-order valence-electron chi connectivity index (χ4n) is 1.42. The Morgan fingerprint density at radius 2 is 2.00 bits per heavy atom. The zero-order valence-electron chi connectivity index (χ0n) is 10.1. The monoisotopic (exact) mass is 290 g/mol. The SMILES string of the molecule is NC(=NO)c1cccc(Sc2ccc([N+](=O)[O-])cc2)n1. The number of hydrogen-bond donors (Lipinski definition) is 2. The third kappa shape index (κ3) is 3.23. The molecule has 0 aliphatic carbocycles. The second kappa shape index (κ2) is 6.02. The first-order valence-corrected chi connectivity index (χ1v) is 6.29. The first kappa shape index (κ1) is 13.8. The van der Waals surface area contributed by atoms with Crippen molar-refractivity contribution in [3.05, 3.63) is 58.3 Å². The molecular formula is C12H10N4O3S. The van der Waals surface area contributed by atoms with Gasteiger partial charge in [-0.05, 0) is 24.3 Å². The van der Waals surface area contributed by atoms with Gasteiger partial charge in [-0.15, -0.1) is 0 Å². The molecule has 1 aromatic carbocycles. The third-order valence-electron chi connectivity index (χ3n) is 2.36. The first-order valence-electron chi connectivity index (χ1n) is 5.47. The van der Waals surface area contributed by atoms with Crippen LogP contribution in [0, 0.1) is 10.1 Å². The van der Waals surface area contributed by atoms with Crippen LogP contribution in [0.3, 0.4) is 0 Å².